The van der Waals surface area contributed by atoms with Crippen molar-refractivity contribution in [2.24, 2.45) is 5.92 Å². The third kappa shape index (κ3) is 1.17. The van der Waals surface area contributed by atoms with Gasteiger partial charge in [-0.1, -0.05) is 30.3 Å². The van der Waals surface area contributed by atoms with Crippen molar-refractivity contribution >= 4 is 5.97 Å². The van der Waals surface area contributed by atoms with Gasteiger partial charge in [0.25, 0.3) is 0 Å². The van der Waals surface area contributed by atoms with E-state index < -0.39 is 0 Å². The number of benzene rings is 1. The third-order valence-electron chi connectivity index (χ3n) is 3.97. The first-order valence-corrected chi connectivity index (χ1v) is 5.92. The molecule has 0 spiro atoms. The van der Waals surface area contributed by atoms with Crippen molar-refractivity contribution in [1.82, 2.24) is 0 Å². The quantitative estimate of drug-likeness (QED) is 0.543. The van der Waals surface area contributed by atoms with Crippen molar-refractivity contribution < 1.29 is 14.3 Å². The molecular formula is C14H12O3. The van der Waals surface area contributed by atoms with Gasteiger partial charge in [-0.3, -0.25) is 0 Å². The van der Waals surface area contributed by atoms with Gasteiger partial charge >= 0.3 is 5.97 Å². The molecule has 2 heterocycles. The molecule has 3 heteroatoms. The fourth-order valence-corrected chi connectivity index (χ4v) is 3.01. The van der Waals surface area contributed by atoms with E-state index in [0.29, 0.717) is 6.61 Å². The zero-order valence-corrected chi connectivity index (χ0v) is 9.26. The van der Waals surface area contributed by atoms with E-state index in [1.54, 1.807) is 0 Å². The van der Waals surface area contributed by atoms with E-state index in [-0.39, 0.29) is 23.6 Å². The van der Waals surface area contributed by atoms with E-state index in [0.717, 1.165) is 12.0 Å². The predicted octanol–water partition coefficient (Wildman–Crippen LogP) is 1.78. The van der Waals surface area contributed by atoms with Gasteiger partial charge in [-0.2, -0.15) is 0 Å². The molecule has 2 saturated heterocycles. The Hall–Kier alpha value is -1.61. The number of fused-ring (bicyclic) bond motifs is 2. The molecule has 0 N–H and O–H groups in total. The molecule has 17 heavy (non-hydrogen) atoms. The molecule has 0 unspecified atom stereocenters. The first-order valence-electron chi connectivity index (χ1n) is 5.92. The lowest BCUT2D eigenvalue weighted by atomic mass is 9.79. The number of rotatable bonds is 1. The van der Waals surface area contributed by atoms with Crippen LogP contribution in [0.15, 0.2) is 42.0 Å². The van der Waals surface area contributed by atoms with Gasteiger partial charge < -0.3 is 9.47 Å². The molecule has 2 fully saturated rings. The fraction of sp³-hybridized carbons (Fsp3) is 0.357. The smallest absolute Gasteiger partial charge is 0.334 e. The van der Waals surface area contributed by atoms with E-state index >= 15 is 0 Å². The molecule has 0 bridgehead atoms. The molecule has 86 valence electrons. The van der Waals surface area contributed by atoms with E-state index in [9.17, 15) is 4.79 Å². The number of hydrogen-bond donors (Lipinski definition) is 0. The van der Waals surface area contributed by atoms with Crippen molar-refractivity contribution in [1.29, 1.82) is 0 Å². The molecule has 1 aromatic carbocycles. The van der Waals surface area contributed by atoms with E-state index in [2.05, 4.69) is 12.1 Å². The highest BCUT2D eigenvalue weighted by atomic mass is 16.6. The minimum atomic E-state index is -0.191. The molecule has 0 aromatic heterocycles. The minimum Gasteiger partial charge on any atom is -0.462 e. The van der Waals surface area contributed by atoms with Crippen LogP contribution >= 0.6 is 0 Å². The number of hydrogen-bond acceptors (Lipinski definition) is 3. The zero-order chi connectivity index (χ0) is 11.5. The van der Waals surface area contributed by atoms with Crippen LogP contribution in [0.5, 0.6) is 0 Å². The van der Waals surface area contributed by atoms with Crippen LogP contribution in [0.1, 0.15) is 12.0 Å². The number of cyclic esters (lactones) is 1. The lowest BCUT2D eigenvalue weighted by Crippen LogP contribution is -2.23. The Balaban J connectivity index is 1.74. The van der Waals surface area contributed by atoms with Crippen LogP contribution in [0, 0.1) is 5.92 Å². The van der Waals surface area contributed by atoms with Crippen LogP contribution < -0.4 is 0 Å². The molecular weight excluding hydrogens is 216 g/mol. The summed E-state index contributed by atoms with van der Waals surface area (Å²) in [6.07, 6.45) is 2.87. The minimum absolute atomic E-state index is 0.0572. The van der Waals surface area contributed by atoms with Gasteiger partial charge in [-0.05, 0) is 18.1 Å². The average molecular weight is 228 g/mol. The number of ether oxygens (including phenoxy) is 2. The number of epoxide rings is 1. The van der Waals surface area contributed by atoms with Crippen molar-refractivity contribution in [3.8, 4) is 0 Å². The molecule has 2 aliphatic heterocycles. The van der Waals surface area contributed by atoms with Crippen LogP contribution in [0.25, 0.3) is 0 Å². The molecule has 1 aliphatic carbocycles. The lowest BCUT2D eigenvalue weighted by Gasteiger charge is -2.20. The van der Waals surface area contributed by atoms with Gasteiger partial charge in [0.15, 0.2) is 0 Å². The summed E-state index contributed by atoms with van der Waals surface area (Å²) in [6.45, 7) is 0.509. The number of carbonyl (C=O) groups excluding carboxylic acids is 1. The molecule has 0 radical (unpaired) electrons. The van der Waals surface area contributed by atoms with Gasteiger partial charge in [0.05, 0.1) is 6.61 Å². The van der Waals surface area contributed by atoms with Gasteiger partial charge in [-0.15, -0.1) is 0 Å². The summed E-state index contributed by atoms with van der Waals surface area (Å²) in [5, 5.41) is 0. The molecule has 3 atom stereocenters. The maximum Gasteiger partial charge on any atom is 0.334 e. The van der Waals surface area contributed by atoms with E-state index in [4.69, 9.17) is 9.47 Å². The predicted molar refractivity (Wildman–Crippen MR) is 60.1 cm³/mol. The molecule has 0 saturated carbocycles. The molecule has 0 amide bonds. The standard InChI is InChI=1S/C14H12O3/c15-13-11-6-12-14(17-12,7-9(11)8-16-13)10-4-2-1-3-5-10/h1-6,9,12H,7-8H2/t9-,12-,14-/m0/s1. The molecule has 1 aromatic rings. The van der Waals surface area contributed by atoms with Gasteiger partial charge in [-0.25, -0.2) is 4.79 Å². The maximum absolute atomic E-state index is 11.5. The average Bonchev–Trinajstić information content (AvgIpc) is 3.00. The highest BCUT2D eigenvalue weighted by Crippen LogP contribution is 2.56. The lowest BCUT2D eigenvalue weighted by molar-refractivity contribution is -0.135. The van der Waals surface area contributed by atoms with Crippen LogP contribution in [-0.4, -0.2) is 18.7 Å². The summed E-state index contributed by atoms with van der Waals surface area (Å²) in [5.41, 5.74) is 1.84. The monoisotopic (exact) mass is 228 g/mol. The Labute approximate surface area is 99.0 Å². The molecule has 3 nitrogen and oxygen atoms in total. The fourth-order valence-electron chi connectivity index (χ4n) is 3.01. The van der Waals surface area contributed by atoms with Crippen LogP contribution in [-0.2, 0) is 19.9 Å². The van der Waals surface area contributed by atoms with Crippen molar-refractivity contribution in [2.45, 2.75) is 18.1 Å². The summed E-state index contributed by atoms with van der Waals surface area (Å²) in [5.74, 6) is 0.0496. The topological polar surface area (TPSA) is 38.8 Å². The Morgan fingerprint density at radius 3 is 2.88 bits per heavy atom. The van der Waals surface area contributed by atoms with E-state index in [1.807, 2.05) is 24.3 Å². The zero-order valence-electron chi connectivity index (χ0n) is 9.26. The van der Waals surface area contributed by atoms with Crippen molar-refractivity contribution in [3.05, 3.63) is 47.5 Å². The largest absolute Gasteiger partial charge is 0.462 e. The second-order valence-corrected chi connectivity index (χ2v) is 4.92. The highest BCUT2D eigenvalue weighted by molar-refractivity contribution is 5.91. The van der Waals surface area contributed by atoms with Gasteiger partial charge in [0.1, 0.15) is 11.7 Å². The normalized spacial score (nSPS) is 37.9. The Morgan fingerprint density at radius 2 is 2.06 bits per heavy atom. The first kappa shape index (κ1) is 9.42. The van der Waals surface area contributed by atoms with Crippen molar-refractivity contribution in [3.63, 3.8) is 0 Å². The van der Waals surface area contributed by atoms with Gasteiger partial charge in [0, 0.05) is 11.5 Å². The summed E-state index contributed by atoms with van der Waals surface area (Å²) in [7, 11) is 0. The van der Waals surface area contributed by atoms with Gasteiger partial charge in [0.2, 0.25) is 0 Å². The van der Waals surface area contributed by atoms with Crippen LogP contribution in [0.4, 0.5) is 0 Å². The van der Waals surface area contributed by atoms with E-state index in [1.165, 1.54) is 5.56 Å². The Morgan fingerprint density at radius 1 is 1.24 bits per heavy atom. The first-order chi connectivity index (χ1) is 8.29. The second-order valence-electron chi connectivity index (χ2n) is 4.92. The van der Waals surface area contributed by atoms with Crippen LogP contribution in [0.3, 0.4) is 0 Å². The summed E-state index contributed by atoms with van der Waals surface area (Å²) >= 11 is 0. The third-order valence-corrected chi connectivity index (χ3v) is 3.97. The Bertz CT molecular complexity index is 520. The number of carbonyl (C=O) groups is 1. The van der Waals surface area contributed by atoms with Crippen LogP contribution in [0.2, 0.25) is 0 Å². The molecule has 4 rings (SSSR count). The summed E-state index contributed by atoms with van der Waals surface area (Å²) in [6, 6.07) is 10.2. The SMILES string of the molecule is O=C1OC[C@@H]2C[C@@]3(c4ccccc4)O[C@H]3C=C12. The molecule has 3 aliphatic rings. The highest BCUT2D eigenvalue weighted by Gasteiger charge is 2.61. The Kier molecular flexibility index (Phi) is 1.66. The van der Waals surface area contributed by atoms with Crippen molar-refractivity contribution in [2.75, 3.05) is 6.61 Å². The summed E-state index contributed by atoms with van der Waals surface area (Å²) in [4.78, 5) is 11.5. The summed E-state index contributed by atoms with van der Waals surface area (Å²) < 4.78 is 10.9. The number of esters is 1. The second kappa shape index (κ2) is 2.99. The maximum atomic E-state index is 11.5.